The molecule has 2 nitrogen and oxygen atoms in total. The Labute approximate surface area is 410 Å². The average molecular weight is 1060 g/mol. The van der Waals surface area contributed by atoms with E-state index in [2.05, 4.69) is 187 Å². The van der Waals surface area contributed by atoms with Gasteiger partial charge in [-0.2, -0.15) is 0 Å². The molecule has 64 heavy (non-hydrogen) atoms. The topological polar surface area (TPSA) is 40.5 Å². The third kappa shape index (κ3) is 10.9. The zero-order chi connectivity index (χ0) is 44.3. The van der Waals surface area contributed by atoms with Crippen LogP contribution < -0.4 is 4.78 Å². The van der Waals surface area contributed by atoms with Crippen molar-refractivity contribution >= 4 is 82.4 Å². The maximum atomic E-state index is 10.1. The summed E-state index contributed by atoms with van der Waals surface area (Å²) in [6.07, 6.45) is 0. The van der Waals surface area contributed by atoms with Gasteiger partial charge in [0.25, 0.3) is 0 Å². The Morgan fingerprint density at radius 2 is 0.516 bits per heavy atom. The highest BCUT2D eigenvalue weighted by Crippen LogP contribution is 2.52. The Morgan fingerprint density at radius 1 is 0.281 bits per heavy atom. The summed E-state index contributed by atoms with van der Waals surface area (Å²) in [4.78, 5) is 3.64. The van der Waals surface area contributed by atoms with Gasteiger partial charge in [-0.15, -0.1) is 22.7 Å². The number of halogens is 3. The molecular weight excluding hydrogens is 1020 g/mol. The normalized spacial score (nSPS) is 10.6. The van der Waals surface area contributed by atoms with E-state index in [1.165, 1.54) is 54.5 Å². The molecule has 0 aliphatic heterocycles. The van der Waals surface area contributed by atoms with Crippen LogP contribution in [0.25, 0.3) is 75.8 Å². The van der Waals surface area contributed by atoms with Crippen molar-refractivity contribution in [1.82, 2.24) is 0 Å². The van der Waals surface area contributed by atoms with Crippen molar-refractivity contribution in [2.24, 2.45) is 0 Å². The molecule has 10 aromatic rings. The molecule has 2 heterocycles. The molecular formula is C56H42BBr3O2S2. The highest BCUT2D eigenvalue weighted by molar-refractivity contribution is 9.11. The number of thiophene rings is 2. The van der Waals surface area contributed by atoms with Gasteiger partial charge in [-0.1, -0.05) is 242 Å². The van der Waals surface area contributed by atoms with Crippen LogP contribution in [0.15, 0.2) is 244 Å². The summed E-state index contributed by atoms with van der Waals surface area (Å²) in [5, 5.41) is 20.1. The van der Waals surface area contributed by atoms with Gasteiger partial charge in [0.1, 0.15) is 0 Å². The summed E-state index contributed by atoms with van der Waals surface area (Å²) >= 11 is 13.5. The molecule has 0 bridgehead atoms. The van der Waals surface area contributed by atoms with Crippen molar-refractivity contribution in [2.75, 3.05) is 0 Å². The smallest absolute Gasteiger partial charge is 0.423 e. The van der Waals surface area contributed by atoms with E-state index in [0.29, 0.717) is 4.78 Å². The first-order chi connectivity index (χ1) is 31.4. The first kappa shape index (κ1) is 45.2. The molecule has 2 aromatic heterocycles. The van der Waals surface area contributed by atoms with Crippen molar-refractivity contribution < 1.29 is 11.5 Å². The Bertz CT molecular complexity index is 2990. The third-order valence-corrected chi connectivity index (χ3v) is 14.5. The van der Waals surface area contributed by atoms with Crippen molar-refractivity contribution in [2.45, 2.75) is 0 Å². The van der Waals surface area contributed by atoms with Crippen molar-refractivity contribution in [3.63, 3.8) is 0 Å². The molecule has 314 valence electrons. The van der Waals surface area contributed by atoms with E-state index in [9.17, 15) is 10.0 Å². The summed E-state index contributed by atoms with van der Waals surface area (Å²) in [5.41, 5.74) is 12.6. The number of rotatable bonds is 8. The van der Waals surface area contributed by atoms with E-state index in [-0.39, 0.29) is 1.43 Å². The summed E-state index contributed by atoms with van der Waals surface area (Å²) in [6, 6.07) is 79.0. The van der Waals surface area contributed by atoms with Crippen LogP contribution in [0.2, 0.25) is 0 Å². The number of benzene rings is 8. The lowest BCUT2D eigenvalue weighted by Gasteiger charge is -2.11. The molecule has 0 saturated heterocycles. The lowest BCUT2D eigenvalue weighted by molar-refractivity contribution is 0.427. The van der Waals surface area contributed by atoms with Crippen LogP contribution >= 0.6 is 70.5 Å². The predicted molar refractivity (Wildman–Crippen MR) is 288 cm³/mol. The Hall–Kier alpha value is -5.42. The SMILES string of the molecule is Brc1ccc(-c2sc(-c3ccccc3)c(-c3ccccc3)c2-c2ccccc2)cc1.Brc1ccc(Br)cc1.OB(O)c1sc(-c2ccccc2)c(-c2ccccc2)c1-c1ccccc1.[HH]. The molecule has 2 N–H and O–H groups in total. The van der Waals surface area contributed by atoms with E-state index < -0.39 is 7.12 Å². The minimum atomic E-state index is -1.52. The van der Waals surface area contributed by atoms with Gasteiger partial charge >= 0.3 is 7.12 Å². The second kappa shape index (κ2) is 22.0. The zero-order valence-corrected chi connectivity index (χ0v) is 40.8. The fourth-order valence-corrected chi connectivity index (χ4v) is 10.8. The van der Waals surface area contributed by atoms with E-state index in [1.54, 1.807) is 0 Å². The highest BCUT2D eigenvalue weighted by Gasteiger charge is 2.28. The van der Waals surface area contributed by atoms with Gasteiger partial charge in [0, 0.05) is 56.5 Å². The quantitative estimate of drug-likeness (QED) is 0.149. The van der Waals surface area contributed by atoms with E-state index >= 15 is 0 Å². The average Bonchev–Trinajstić information content (AvgIpc) is 3.96. The number of hydrogen-bond acceptors (Lipinski definition) is 4. The van der Waals surface area contributed by atoms with Gasteiger partial charge in [0.15, 0.2) is 0 Å². The van der Waals surface area contributed by atoms with Crippen LogP contribution in [0.1, 0.15) is 1.43 Å². The van der Waals surface area contributed by atoms with Crippen LogP contribution in [-0.4, -0.2) is 17.2 Å². The van der Waals surface area contributed by atoms with Gasteiger partial charge in [-0.05, 0) is 75.3 Å². The summed E-state index contributed by atoms with van der Waals surface area (Å²) in [6.45, 7) is 0. The minimum absolute atomic E-state index is 0. The lowest BCUT2D eigenvalue weighted by atomic mass is 9.81. The van der Waals surface area contributed by atoms with E-state index in [1.807, 2.05) is 102 Å². The van der Waals surface area contributed by atoms with E-state index in [4.69, 9.17) is 0 Å². The summed E-state index contributed by atoms with van der Waals surface area (Å²) in [5.74, 6) is 0. The van der Waals surface area contributed by atoms with Crippen molar-refractivity contribution in [1.29, 1.82) is 0 Å². The fourth-order valence-electron chi connectivity index (χ4n) is 7.41. The predicted octanol–water partition coefficient (Wildman–Crippen LogP) is 17.1. The standard InChI is InChI=1S/C28H19BrS.C22H17BO2S.C6H4Br2.H2/c29-24-18-16-23(17-19-24)28-26(21-12-6-2-7-13-21)25(20-10-4-1-5-11-20)27(30-28)22-14-8-3-9-15-22;24-23(25)22-20(17-12-6-2-7-13-17)19(16-10-4-1-5-11-16)21(26-22)18-14-8-3-9-15-18;7-5-1-2-6(8)4-3-5;/h1-19H;1-15,24-25H;1-4H;1H. The molecule has 0 atom stereocenters. The molecule has 0 fully saturated rings. The molecule has 8 heteroatoms. The third-order valence-electron chi connectivity index (χ3n) is 10.3. The first-order valence-electron chi connectivity index (χ1n) is 20.5. The van der Waals surface area contributed by atoms with Gasteiger partial charge in [0.05, 0.1) is 0 Å². The van der Waals surface area contributed by atoms with Crippen LogP contribution in [-0.2, 0) is 0 Å². The molecule has 0 spiro atoms. The Kier molecular flexibility index (Phi) is 15.5. The molecule has 0 aliphatic rings. The van der Waals surface area contributed by atoms with Gasteiger partial charge < -0.3 is 10.0 Å². The highest BCUT2D eigenvalue weighted by atomic mass is 79.9. The maximum absolute atomic E-state index is 10.1. The molecule has 10 rings (SSSR count). The molecule has 8 aromatic carbocycles. The van der Waals surface area contributed by atoms with E-state index in [0.717, 1.165) is 46.1 Å². The molecule has 0 saturated carbocycles. The lowest BCUT2D eigenvalue weighted by Crippen LogP contribution is -2.28. The summed E-state index contributed by atoms with van der Waals surface area (Å²) in [7, 11) is -1.52. The second-order valence-electron chi connectivity index (χ2n) is 14.6. The largest absolute Gasteiger partial charge is 0.499 e. The molecule has 0 amide bonds. The first-order valence-corrected chi connectivity index (χ1v) is 24.6. The van der Waals surface area contributed by atoms with Crippen molar-refractivity contribution in [3.05, 3.63) is 244 Å². The maximum Gasteiger partial charge on any atom is 0.499 e. The monoisotopic (exact) mass is 1060 g/mol. The molecule has 0 unspecified atom stereocenters. The summed E-state index contributed by atoms with van der Waals surface area (Å²) < 4.78 is 3.88. The van der Waals surface area contributed by atoms with Gasteiger partial charge in [-0.25, -0.2) is 0 Å². The Morgan fingerprint density at radius 3 is 0.828 bits per heavy atom. The second-order valence-corrected chi connectivity index (χ2v) is 19.4. The van der Waals surface area contributed by atoms with Crippen LogP contribution in [0, 0.1) is 0 Å². The van der Waals surface area contributed by atoms with Gasteiger partial charge in [-0.3, -0.25) is 0 Å². The van der Waals surface area contributed by atoms with Crippen LogP contribution in [0.3, 0.4) is 0 Å². The zero-order valence-electron chi connectivity index (χ0n) is 34.4. The van der Waals surface area contributed by atoms with Crippen molar-refractivity contribution in [3.8, 4) is 75.8 Å². The number of hydrogen-bond donors (Lipinski definition) is 2. The molecule has 0 aliphatic carbocycles. The fraction of sp³-hybridized carbons (Fsp3) is 0. The van der Waals surface area contributed by atoms with Crippen LogP contribution in [0.5, 0.6) is 0 Å². The van der Waals surface area contributed by atoms with Gasteiger partial charge in [0.2, 0.25) is 0 Å². The minimum Gasteiger partial charge on any atom is -0.423 e. The molecule has 0 radical (unpaired) electrons. The Balaban J connectivity index is 0.000000165. The van der Waals surface area contributed by atoms with Crippen LogP contribution in [0.4, 0.5) is 0 Å².